The lowest BCUT2D eigenvalue weighted by molar-refractivity contribution is -0.122. The Morgan fingerprint density at radius 1 is 0.889 bits per heavy atom. The van der Waals surface area contributed by atoms with Gasteiger partial charge in [-0.3, -0.25) is 14.9 Å². The molecule has 3 aromatic carbocycles. The van der Waals surface area contributed by atoms with Crippen molar-refractivity contribution in [3.8, 4) is 17.2 Å². The van der Waals surface area contributed by atoms with Crippen molar-refractivity contribution in [3.05, 3.63) is 89.5 Å². The highest BCUT2D eigenvalue weighted by atomic mass is 16.5. The summed E-state index contributed by atoms with van der Waals surface area (Å²) >= 11 is 0. The molecule has 0 unspecified atom stereocenters. The van der Waals surface area contributed by atoms with Crippen LogP contribution in [0.15, 0.2) is 78.4 Å². The Kier molecular flexibility index (Phi) is 7.65. The summed E-state index contributed by atoms with van der Waals surface area (Å²) in [6.07, 6.45) is 2.27. The molecular weight excluding hydrogens is 460 g/mol. The quantitative estimate of drug-likeness (QED) is 0.347. The smallest absolute Gasteiger partial charge is 0.335 e. The summed E-state index contributed by atoms with van der Waals surface area (Å²) in [5, 5.41) is 2.23. The van der Waals surface area contributed by atoms with E-state index >= 15 is 0 Å². The highest BCUT2D eigenvalue weighted by molar-refractivity contribution is 6.39. The van der Waals surface area contributed by atoms with Gasteiger partial charge in [-0.2, -0.15) is 0 Å². The third kappa shape index (κ3) is 5.55. The van der Waals surface area contributed by atoms with Gasteiger partial charge in [0.2, 0.25) is 0 Å². The molecule has 0 aromatic heterocycles. The average molecular weight is 487 g/mol. The van der Waals surface area contributed by atoms with Gasteiger partial charge in [0.15, 0.2) is 11.5 Å². The second kappa shape index (κ2) is 11.2. The number of nitrogens with one attached hydrogen (secondary N) is 1. The molecule has 0 atom stereocenters. The zero-order chi connectivity index (χ0) is 25.5. The van der Waals surface area contributed by atoms with E-state index in [2.05, 4.69) is 5.32 Å². The van der Waals surface area contributed by atoms with Crippen molar-refractivity contribution >= 4 is 29.6 Å². The molecule has 0 spiro atoms. The minimum atomic E-state index is -0.813. The second-order valence-corrected chi connectivity index (χ2v) is 7.98. The van der Waals surface area contributed by atoms with Crippen LogP contribution in [0.3, 0.4) is 0 Å². The van der Waals surface area contributed by atoms with Crippen molar-refractivity contribution in [1.29, 1.82) is 0 Å². The lowest BCUT2D eigenvalue weighted by Gasteiger charge is -2.26. The predicted octanol–water partition coefficient (Wildman–Crippen LogP) is 4.73. The van der Waals surface area contributed by atoms with E-state index in [4.69, 9.17) is 14.2 Å². The molecule has 0 aliphatic carbocycles. The number of urea groups is 1. The summed E-state index contributed by atoms with van der Waals surface area (Å²) in [5.41, 5.74) is 1.68. The fourth-order valence-electron chi connectivity index (χ4n) is 3.60. The molecular formula is C28H26N2O6. The summed E-state index contributed by atoms with van der Waals surface area (Å²) in [6, 6.07) is 20.5. The molecule has 1 aliphatic rings. The van der Waals surface area contributed by atoms with E-state index in [9.17, 15) is 14.4 Å². The number of amides is 4. The summed E-state index contributed by atoms with van der Waals surface area (Å²) in [5.74, 6) is 0.0884. The molecule has 3 aromatic rings. The highest BCUT2D eigenvalue weighted by Crippen LogP contribution is 2.31. The third-order valence-corrected chi connectivity index (χ3v) is 5.41. The number of barbiturate groups is 1. The Bertz CT molecular complexity index is 1290. The summed E-state index contributed by atoms with van der Waals surface area (Å²) in [6.45, 7) is 2.91. The lowest BCUT2D eigenvalue weighted by atomic mass is 10.1. The van der Waals surface area contributed by atoms with Gasteiger partial charge in [0, 0.05) is 0 Å². The molecule has 36 heavy (non-hydrogen) atoms. The van der Waals surface area contributed by atoms with Crippen molar-refractivity contribution in [2.24, 2.45) is 0 Å². The molecule has 4 amide bonds. The molecule has 0 radical (unpaired) electrons. The highest BCUT2D eigenvalue weighted by Gasteiger charge is 2.36. The molecule has 4 rings (SSSR count). The van der Waals surface area contributed by atoms with E-state index in [0.717, 1.165) is 16.9 Å². The van der Waals surface area contributed by atoms with Gasteiger partial charge in [0.25, 0.3) is 11.8 Å². The number of carbonyl (C=O) groups excluding carboxylic acids is 3. The molecule has 1 fully saturated rings. The predicted molar refractivity (Wildman–Crippen MR) is 135 cm³/mol. The maximum Gasteiger partial charge on any atom is 0.335 e. The van der Waals surface area contributed by atoms with E-state index < -0.39 is 17.8 Å². The molecule has 8 heteroatoms. The number of hydrogen-bond donors (Lipinski definition) is 1. The number of imide groups is 2. The van der Waals surface area contributed by atoms with Gasteiger partial charge >= 0.3 is 6.03 Å². The number of methoxy groups -OCH3 is 1. The number of carbonyl (C=O) groups is 3. The summed E-state index contributed by atoms with van der Waals surface area (Å²) in [7, 11) is 1.51. The number of rotatable bonds is 9. The molecule has 0 saturated carbocycles. The fraction of sp³-hybridized carbons (Fsp3) is 0.179. The summed E-state index contributed by atoms with van der Waals surface area (Å²) in [4.78, 5) is 39.1. The Morgan fingerprint density at radius 2 is 1.64 bits per heavy atom. The molecule has 184 valence electrons. The largest absolute Gasteiger partial charge is 0.494 e. The van der Waals surface area contributed by atoms with Crippen LogP contribution in [0.1, 0.15) is 24.5 Å². The van der Waals surface area contributed by atoms with Crippen LogP contribution in [0.5, 0.6) is 17.2 Å². The maximum absolute atomic E-state index is 13.2. The average Bonchev–Trinajstić information content (AvgIpc) is 2.90. The monoisotopic (exact) mass is 486 g/mol. The van der Waals surface area contributed by atoms with E-state index in [0.29, 0.717) is 41.7 Å². The summed E-state index contributed by atoms with van der Waals surface area (Å²) < 4.78 is 16.9. The van der Waals surface area contributed by atoms with Crippen molar-refractivity contribution in [3.63, 3.8) is 0 Å². The van der Waals surface area contributed by atoms with Gasteiger partial charge < -0.3 is 14.2 Å². The van der Waals surface area contributed by atoms with E-state index in [1.165, 1.54) is 13.2 Å². The number of nitrogens with zero attached hydrogens (tertiary/aromatic N) is 1. The zero-order valence-electron chi connectivity index (χ0n) is 20.0. The zero-order valence-corrected chi connectivity index (χ0v) is 20.0. The van der Waals surface area contributed by atoms with Crippen molar-refractivity contribution < 1.29 is 28.6 Å². The number of hydrogen-bond acceptors (Lipinski definition) is 6. The van der Waals surface area contributed by atoms with Crippen LogP contribution >= 0.6 is 0 Å². The first-order valence-electron chi connectivity index (χ1n) is 11.5. The Morgan fingerprint density at radius 3 is 2.33 bits per heavy atom. The molecule has 1 saturated heterocycles. The van der Waals surface area contributed by atoms with Crippen LogP contribution < -0.4 is 24.4 Å². The molecule has 0 bridgehead atoms. The minimum Gasteiger partial charge on any atom is -0.494 e. The molecule has 1 N–H and O–H groups in total. The van der Waals surface area contributed by atoms with E-state index in [-0.39, 0.29) is 5.57 Å². The fourth-order valence-corrected chi connectivity index (χ4v) is 3.60. The van der Waals surface area contributed by atoms with Crippen LogP contribution in [-0.2, 0) is 16.2 Å². The molecule has 1 aliphatic heterocycles. The van der Waals surface area contributed by atoms with Gasteiger partial charge in [0.1, 0.15) is 17.9 Å². The normalized spacial score (nSPS) is 14.6. The first-order chi connectivity index (χ1) is 17.5. The van der Waals surface area contributed by atoms with Gasteiger partial charge in [0.05, 0.1) is 19.4 Å². The molecule has 8 nitrogen and oxygen atoms in total. The van der Waals surface area contributed by atoms with Crippen LogP contribution in [0, 0.1) is 0 Å². The Balaban J connectivity index is 1.55. The molecule has 1 heterocycles. The van der Waals surface area contributed by atoms with Gasteiger partial charge in [-0.25, -0.2) is 9.69 Å². The lowest BCUT2D eigenvalue weighted by Crippen LogP contribution is -2.54. The van der Waals surface area contributed by atoms with Crippen molar-refractivity contribution in [1.82, 2.24) is 5.32 Å². The number of anilines is 1. The standard InChI is InChI=1S/C28H26N2O6/c1-3-15-35-22-12-10-21(11-13-22)30-27(32)23(26(31)29-28(30)33)16-20-9-14-24(25(17-20)34-2)36-18-19-7-5-4-6-8-19/h4-14,16-17H,3,15,18H2,1-2H3,(H,29,31,33)/b23-16-. The maximum atomic E-state index is 13.2. The van der Waals surface area contributed by atoms with Gasteiger partial charge in [-0.05, 0) is 60.0 Å². The van der Waals surface area contributed by atoms with Crippen molar-refractivity contribution in [2.45, 2.75) is 20.0 Å². The van der Waals surface area contributed by atoms with Crippen LogP contribution in [-0.4, -0.2) is 31.6 Å². The number of ether oxygens (including phenoxy) is 3. The van der Waals surface area contributed by atoms with E-state index in [1.807, 2.05) is 37.3 Å². The van der Waals surface area contributed by atoms with Crippen LogP contribution in [0.4, 0.5) is 10.5 Å². The third-order valence-electron chi connectivity index (χ3n) is 5.41. The number of benzene rings is 3. The first-order valence-corrected chi connectivity index (χ1v) is 11.5. The van der Waals surface area contributed by atoms with E-state index in [1.54, 1.807) is 42.5 Å². The topological polar surface area (TPSA) is 94.2 Å². The van der Waals surface area contributed by atoms with Gasteiger partial charge in [-0.1, -0.05) is 43.3 Å². The first kappa shape index (κ1) is 24.5. The van der Waals surface area contributed by atoms with Crippen LogP contribution in [0.25, 0.3) is 6.08 Å². The van der Waals surface area contributed by atoms with Crippen LogP contribution in [0.2, 0.25) is 0 Å². The minimum absolute atomic E-state index is 0.180. The van der Waals surface area contributed by atoms with Gasteiger partial charge in [-0.15, -0.1) is 0 Å². The SMILES string of the molecule is CCCOc1ccc(N2C(=O)NC(=O)/C(=C/c3ccc(OCc4ccccc4)c(OC)c3)C2=O)cc1. The second-order valence-electron chi connectivity index (χ2n) is 7.98. The Hall–Kier alpha value is -4.59. The van der Waals surface area contributed by atoms with Crippen molar-refractivity contribution in [2.75, 3.05) is 18.6 Å². The Labute approximate surface area is 209 Å².